The Morgan fingerprint density at radius 1 is 0.821 bits per heavy atom. The van der Waals surface area contributed by atoms with Gasteiger partial charge in [-0.25, -0.2) is 0 Å². The average Bonchev–Trinajstić information content (AvgIpc) is 3.20. The molecule has 0 aromatic heterocycles. The minimum absolute atomic E-state index is 0. The molecule has 1 aliphatic rings. The molecule has 142 valence electrons. The molecule has 1 fully saturated rings. The van der Waals surface area contributed by atoms with Gasteiger partial charge < -0.3 is 0 Å². The van der Waals surface area contributed by atoms with Gasteiger partial charge in [-0.1, -0.05) is 91.0 Å². The van der Waals surface area contributed by atoms with Crippen molar-refractivity contribution in [1.29, 1.82) is 5.26 Å². The van der Waals surface area contributed by atoms with Crippen LogP contribution >= 0.6 is 12.4 Å². The Balaban J connectivity index is 0.00000225. The highest BCUT2D eigenvalue weighted by Crippen LogP contribution is 2.43. The quantitative estimate of drug-likeness (QED) is 0.581. The summed E-state index contributed by atoms with van der Waals surface area (Å²) in [6, 6.07) is 34.0. The molecule has 28 heavy (non-hydrogen) atoms. The molecule has 0 bridgehead atoms. The third kappa shape index (κ3) is 3.83. The number of halogens is 1. The van der Waals surface area contributed by atoms with Crippen molar-refractivity contribution in [2.24, 2.45) is 5.92 Å². The number of hydrogen-bond donors (Lipinski definition) is 0. The van der Waals surface area contributed by atoms with Crippen molar-refractivity contribution in [3.8, 4) is 6.07 Å². The van der Waals surface area contributed by atoms with Crippen LogP contribution in [-0.4, -0.2) is 18.0 Å². The summed E-state index contributed by atoms with van der Waals surface area (Å²) in [6.45, 7) is 2.91. The van der Waals surface area contributed by atoms with Crippen LogP contribution < -0.4 is 0 Å². The van der Waals surface area contributed by atoms with Crippen molar-refractivity contribution < 1.29 is 0 Å². The lowest BCUT2D eigenvalue weighted by molar-refractivity contribution is 0.298. The first-order valence-corrected chi connectivity index (χ1v) is 9.61. The SMILES string of the molecule is Cl.N#CC(c1ccccc1)(c1ccccc1)C1CCN(Cc2ccccc2)C1. The number of likely N-dealkylation sites (tertiary alicyclic amines) is 1. The summed E-state index contributed by atoms with van der Waals surface area (Å²) in [5, 5.41) is 10.5. The predicted molar refractivity (Wildman–Crippen MR) is 116 cm³/mol. The molecule has 0 radical (unpaired) electrons. The van der Waals surface area contributed by atoms with E-state index in [1.54, 1.807) is 0 Å². The van der Waals surface area contributed by atoms with E-state index in [4.69, 9.17) is 0 Å². The molecular weight excluding hydrogens is 364 g/mol. The number of nitriles is 1. The summed E-state index contributed by atoms with van der Waals surface area (Å²) in [6.07, 6.45) is 1.03. The monoisotopic (exact) mass is 388 g/mol. The van der Waals surface area contributed by atoms with E-state index >= 15 is 0 Å². The van der Waals surface area contributed by atoms with Crippen LogP contribution in [0.15, 0.2) is 91.0 Å². The molecule has 0 amide bonds. The fraction of sp³-hybridized carbons (Fsp3) is 0.240. The molecular formula is C25H25ClN2. The van der Waals surface area contributed by atoms with Gasteiger partial charge >= 0.3 is 0 Å². The molecule has 1 heterocycles. The average molecular weight is 389 g/mol. The Kier molecular flexibility index (Phi) is 6.52. The van der Waals surface area contributed by atoms with Gasteiger partial charge in [0.1, 0.15) is 5.41 Å². The van der Waals surface area contributed by atoms with E-state index in [2.05, 4.69) is 65.6 Å². The van der Waals surface area contributed by atoms with Crippen LogP contribution in [0.5, 0.6) is 0 Å². The Labute approximate surface area is 173 Å². The molecule has 3 aromatic rings. The second kappa shape index (κ2) is 9.06. The van der Waals surface area contributed by atoms with E-state index in [1.807, 2.05) is 36.4 Å². The topological polar surface area (TPSA) is 27.0 Å². The van der Waals surface area contributed by atoms with Crippen molar-refractivity contribution in [3.05, 3.63) is 108 Å². The van der Waals surface area contributed by atoms with E-state index in [-0.39, 0.29) is 18.3 Å². The maximum absolute atomic E-state index is 10.5. The van der Waals surface area contributed by atoms with Gasteiger partial charge in [0, 0.05) is 13.1 Å². The highest BCUT2D eigenvalue weighted by Gasteiger charge is 2.45. The van der Waals surface area contributed by atoms with Gasteiger partial charge in [-0.3, -0.25) is 4.90 Å². The van der Waals surface area contributed by atoms with Gasteiger partial charge in [-0.05, 0) is 35.6 Å². The van der Waals surface area contributed by atoms with Gasteiger partial charge in [0.2, 0.25) is 0 Å². The van der Waals surface area contributed by atoms with Crippen LogP contribution in [0.1, 0.15) is 23.1 Å². The molecule has 1 aliphatic heterocycles. The Hall–Kier alpha value is -2.60. The van der Waals surface area contributed by atoms with Crippen LogP contribution in [0, 0.1) is 17.2 Å². The standard InChI is InChI=1S/C25H24N2.ClH/c26-20-25(22-12-6-2-7-13-22,23-14-8-3-9-15-23)24-16-17-27(19-24)18-21-10-4-1-5-11-21;/h1-15,24H,16-19H2;1H. The highest BCUT2D eigenvalue weighted by atomic mass is 35.5. The lowest BCUT2D eigenvalue weighted by Gasteiger charge is -2.34. The molecule has 0 aliphatic carbocycles. The maximum Gasteiger partial charge on any atom is 0.111 e. The molecule has 0 saturated carbocycles. The summed E-state index contributed by atoms with van der Waals surface area (Å²) in [5.74, 6) is 0.274. The minimum atomic E-state index is -0.603. The van der Waals surface area contributed by atoms with E-state index in [0.717, 1.165) is 37.2 Å². The predicted octanol–water partition coefficient (Wildman–Crippen LogP) is 5.44. The fourth-order valence-electron chi connectivity index (χ4n) is 4.43. The number of hydrogen-bond acceptors (Lipinski definition) is 2. The summed E-state index contributed by atoms with van der Waals surface area (Å²) >= 11 is 0. The summed E-state index contributed by atoms with van der Waals surface area (Å²) in [5.41, 5.74) is 2.93. The summed E-state index contributed by atoms with van der Waals surface area (Å²) in [4.78, 5) is 2.48. The highest BCUT2D eigenvalue weighted by molar-refractivity contribution is 5.85. The molecule has 1 unspecified atom stereocenters. The van der Waals surface area contributed by atoms with Gasteiger partial charge in [-0.15, -0.1) is 12.4 Å². The van der Waals surface area contributed by atoms with Crippen molar-refractivity contribution in [2.75, 3.05) is 13.1 Å². The first-order valence-electron chi connectivity index (χ1n) is 9.61. The zero-order valence-electron chi connectivity index (χ0n) is 15.9. The number of rotatable bonds is 5. The van der Waals surface area contributed by atoms with E-state index in [1.165, 1.54) is 5.56 Å². The van der Waals surface area contributed by atoms with Crippen LogP contribution in [0.3, 0.4) is 0 Å². The van der Waals surface area contributed by atoms with Gasteiger partial charge in [0.15, 0.2) is 0 Å². The summed E-state index contributed by atoms with van der Waals surface area (Å²) in [7, 11) is 0. The Morgan fingerprint density at radius 3 is 1.82 bits per heavy atom. The second-order valence-electron chi connectivity index (χ2n) is 7.36. The molecule has 1 atom stereocenters. The molecule has 4 rings (SSSR count). The molecule has 1 saturated heterocycles. The molecule has 3 heteroatoms. The van der Waals surface area contributed by atoms with E-state index in [9.17, 15) is 5.26 Å². The van der Waals surface area contributed by atoms with Crippen molar-refractivity contribution >= 4 is 12.4 Å². The maximum atomic E-state index is 10.5. The molecule has 2 nitrogen and oxygen atoms in total. The zero-order chi connectivity index (χ0) is 18.5. The lowest BCUT2D eigenvalue weighted by Crippen LogP contribution is -2.37. The van der Waals surface area contributed by atoms with Crippen LogP contribution in [0.4, 0.5) is 0 Å². The first-order chi connectivity index (χ1) is 13.3. The summed E-state index contributed by atoms with van der Waals surface area (Å²) < 4.78 is 0. The second-order valence-corrected chi connectivity index (χ2v) is 7.36. The Bertz CT molecular complexity index is 864. The van der Waals surface area contributed by atoms with E-state index in [0.29, 0.717) is 0 Å². The first kappa shape index (κ1) is 20.1. The zero-order valence-corrected chi connectivity index (χ0v) is 16.7. The smallest absolute Gasteiger partial charge is 0.111 e. The third-order valence-corrected chi connectivity index (χ3v) is 5.77. The van der Waals surface area contributed by atoms with Gasteiger partial charge in [-0.2, -0.15) is 5.26 Å². The van der Waals surface area contributed by atoms with Crippen molar-refractivity contribution in [3.63, 3.8) is 0 Å². The normalized spacial score (nSPS) is 16.9. The fourth-order valence-corrected chi connectivity index (χ4v) is 4.43. The molecule has 0 N–H and O–H groups in total. The van der Waals surface area contributed by atoms with Gasteiger partial charge in [0.25, 0.3) is 0 Å². The van der Waals surface area contributed by atoms with Crippen LogP contribution in [-0.2, 0) is 12.0 Å². The number of nitrogens with zero attached hydrogens (tertiary/aromatic N) is 2. The van der Waals surface area contributed by atoms with Crippen molar-refractivity contribution in [1.82, 2.24) is 4.90 Å². The molecule has 3 aromatic carbocycles. The lowest BCUT2D eigenvalue weighted by atomic mass is 9.66. The Morgan fingerprint density at radius 2 is 1.32 bits per heavy atom. The van der Waals surface area contributed by atoms with Crippen LogP contribution in [0.2, 0.25) is 0 Å². The van der Waals surface area contributed by atoms with E-state index < -0.39 is 5.41 Å². The van der Waals surface area contributed by atoms with Crippen LogP contribution in [0.25, 0.3) is 0 Å². The minimum Gasteiger partial charge on any atom is -0.299 e. The molecule has 0 spiro atoms. The van der Waals surface area contributed by atoms with Gasteiger partial charge in [0.05, 0.1) is 6.07 Å². The largest absolute Gasteiger partial charge is 0.299 e. The number of benzene rings is 3. The third-order valence-electron chi connectivity index (χ3n) is 5.77. The van der Waals surface area contributed by atoms with Crippen molar-refractivity contribution in [2.45, 2.75) is 18.4 Å².